The molecule has 2 aromatic carbocycles. The van der Waals surface area contributed by atoms with Crippen molar-refractivity contribution in [3.8, 4) is 0 Å². The summed E-state index contributed by atoms with van der Waals surface area (Å²) in [7, 11) is -4.98. The highest BCUT2D eigenvalue weighted by atomic mass is 32.2. The van der Waals surface area contributed by atoms with E-state index >= 15 is 0 Å². The van der Waals surface area contributed by atoms with Crippen LogP contribution in [-0.4, -0.2) is 109 Å². The summed E-state index contributed by atoms with van der Waals surface area (Å²) in [6, 6.07) is 9.14. The first-order chi connectivity index (χ1) is 24.1. The van der Waals surface area contributed by atoms with Crippen LogP contribution in [0.4, 0.5) is 29.7 Å². The zero-order chi connectivity index (χ0) is 37.5. The summed E-state index contributed by atoms with van der Waals surface area (Å²) >= 11 is 0. The van der Waals surface area contributed by atoms with E-state index in [0.29, 0.717) is 54.7 Å². The average molecular weight is 759 g/mol. The lowest BCUT2D eigenvalue weighted by Crippen LogP contribution is -2.33. The highest BCUT2D eigenvalue weighted by Gasteiger charge is 2.35. The van der Waals surface area contributed by atoms with Gasteiger partial charge >= 0.3 is 12.2 Å². The number of nitrogens with zero attached hydrogens (tertiary/aromatic N) is 2. The fraction of sp³-hybridized carbons (Fsp3) is 0.545. The van der Waals surface area contributed by atoms with Crippen LogP contribution < -0.4 is 20.9 Å². The van der Waals surface area contributed by atoms with Crippen molar-refractivity contribution in [2.75, 3.05) is 66.1 Å². The molecular weight excluding hydrogens is 715 g/mol. The molecule has 0 saturated carbocycles. The van der Waals surface area contributed by atoms with Gasteiger partial charge in [-0.3, -0.25) is 14.6 Å². The van der Waals surface area contributed by atoms with Crippen molar-refractivity contribution >= 4 is 49.1 Å². The lowest BCUT2D eigenvalue weighted by atomic mass is 9.93. The molecule has 2 aromatic rings. The normalized spacial score (nSPS) is 22.9. The van der Waals surface area contributed by atoms with Gasteiger partial charge in [0, 0.05) is 20.6 Å². The SMILES string of the molecule is CC(=O)NC[C@H]1CN(c2ccc(C3CCS(=O)(=O)CC3)c(F)c2)C(=O)O1.CO.NC[C@H]1CN(c2ccc(C3CCS(=O)(=O)CC3)c(F)c2)C(=O)O1. The Morgan fingerprint density at radius 1 is 0.784 bits per heavy atom. The summed E-state index contributed by atoms with van der Waals surface area (Å²) in [5.41, 5.74) is 7.27. The molecule has 6 rings (SSSR count). The molecule has 18 heteroatoms. The summed E-state index contributed by atoms with van der Waals surface area (Å²) < 4.78 is 85.2. The van der Waals surface area contributed by atoms with Crippen LogP contribution in [0.2, 0.25) is 0 Å². The lowest BCUT2D eigenvalue weighted by Gasteiger charge is -2.23. The van der Waals surface area contributed by atoms with Gasteiger partial charge < -0.3 is 25.6 Å². The van der Waals surface area contributed by atoms with Gasteiger partial charge in [0.05, 0.1) is 54.0 Å². The van der Waals surface area contributed by atoms with E-state index in [0.717, 1.165) is 7.11 Å². The molecule has 0 bridgehead atoms. The molecule has 4 fully saturated rings. The van der Waals surface area contributed by atoms with E-state index < -0.39 is 49.6 Å². The van der Waals surface area contributed by atoms with Crippen molar-refractivity contribution in [1.82, 2.24) is 5.32 Å². The molecule has 4 aliphatic heterocycles. The monoisotopic (exact) mass is 758 g/mol. The number of aliphatic hydroxyl groups is 1. The van der Waals surface area contributed by atoms with Crippen LogP contribution in [0.15, 0.2) is 36.4 Å². The minimum absolute atomic E-state index is 0.0716. The highest BCUT2D eigenvalue weighted by molar-refractivity contribution is 7.91. The Kier molecular flexibility index (Phi) is 13.4. The molecule has 4 N–H and O–H groups in total. The van der Waals surface area contributed by atoms with Crippen LogP contribution in [0.1, 0.15) is 55.6 Å². The van der Waals surface area contributed by atoms with E-state index in [4.69, 9.17) is 20.3 Å². The van der Waals surface area contributed by atoms with Gasteiger partial charge in [0.2, 0.25) is 5.91 Å². The Morgan fingerprint density at radius 3 is 1.53 bits per heavy atom. The Balaban J connectivity index is 0.000000220. The standard InChI is InChI=1S/C17H21FN2O5S.C15H19FN2O4S.CH4O/c1-11(21)19-9-14-10-20(17(22)25-14)13-2-3-15(16(18)8-13)12-4-6-26(23,24)7-5-12;16-14-7-11(18-9-12(8-17)22-15(18)19)1-2-13(14)10-3-5-23(20,21)6-4-10;1-2/h2-3,8,12,14H,4-7,9-10H2,1H3,(H,19,21);1-2,7,10,12H,3-6,8-9,17H2;2H,1H3/t14-;12-;/m00./s1. The quantitative estimate of drug-likeness (QED) is 0.375. The van der Waals surface area contributed by atoms with Gasteiger partial charge in [-0.05, 0) is 72.9 Å². The van der Waals surface area contributed by atoms with E-state index in [2.05, 4.69) is 5.32 Å². The molecule has 2 atom stereocenters. The Labute approximate surface area is 296 Å². The molecule has 282 valence electrons. The molecule has 14 nitrogen and oxygen atoms in total. The number of anilines is 2. The zero-order valence-corrected chi connectivity index (χ0v) is 30.1. The number of rotatable bonds is 7. The second-order valence-electron chi connectivity index (χ2n) is 12.7. The number of sulfone groups is 2. The number of ether oxygens (including phenoxy) is 2. The van der Waals surface area contributed by atoms with Crippen LogP contribution in [0.25, 0.3) is 0 Å². The van der Waals surface area contributed by atoms with Crippen molar-refractivity contribution < 1.29 is 54.6 Å². The fourth-order valence-corrected chi connectivity index (χ4v) is 9.37. The Bertz CT molecular complexity index is 1780. The van der Waals surface area contributed by atoms with E-state index in [-0.39, 0.29) is 66.5 Å². The van der Waals surface area contributed by atoms with E-state index in [9.17, 15) is 40.0 Å². The molecule has 0 unspecified atom stereocenters. The minimum Gasteiger partial charge on any atom is -0.443 e. The molecule has 4 heterocycles. The van der Waals surface area contributed by atoms with Gasteiger partial charge in [-0.25, -0.2) is 35.2 Å². The van der Waals surface area contributed by atoms with Crippen molar-refractivity contribution in [3.05, 3.63) is 59.2 Å². The number of carbonyl (C=O) groups is 3. The maximum Gasteiger partial charge on any atom is 0.414 e. The summed E-state index contributed by atoms with van der Waals surface area (Å²) in [6.45, 7) is 2.32. The molecule has 3 amide bonds. The average Bonchev–Trinajstić information content (AvgIpc) is 3.67. The van der Waals surface area contributed by atoms with E-state index in [1.165, 1.54) is 28.9 Å². The van der Waals surface area contributed by atoms with Gasteiger partial charge in [-0.2, -0.15) is 0 Å². The minimum atomic E-state index is -3.00. The van der Waals surface area contributed by atoms with Gasteiger partial charge in [-0.1, -0.05) is 12.1 Å². The summed E-state index contributed by atoms with van der Waals surface area (Å²) in [4.78, 5) is 37.4. The number of hydrogen-bond acceptors (Lipinski definition) is 11. The van der Waals surface area contributed by atoms with Gasteiger partial charge in [0.1, 0.15) is 43.5 Å². The largest absolute Gasteiger partial charge is 0.443 e. The number of benzene rings is 2. The zero-order valence-electron chi connectivity index (χ0n) is 28.4. The van der Waals surface area contributed by atoms with Crippen LogP contribution in [0, 0.1) is 11.6 Å². The van der Waals surface area contributed by atoms with Gasteiger partial charge in [0.15, 0.2) is 0 Å². The molecular formula is C33H44F2N4O10S2. The highest BCUT2D eigenvalue weighted by Crippen LogP contribution is 2.35. The number of nitrogens with two attached hydrogens (primary N) is 1. The van der Waals surface area contributed by atoms with Crippen molar-refractivity contribution in [2.45, 2.75) is 56.7 Å². The third-order valence-electron chi connectivity index (χ3n) is 9.17. The van der Waals surface area contributed by atoms with Crippen LogP contribution in [0.5, 0.6) is 0 Å². The van der Waals surface area contributed by atoms with Gasteiger partial charge in [0.25, 0.3) is 0 Å². The van der Waals surface area contributed by atoms with Crippen LogP contribution >= 0.6 is 0 Å². The number of hydrogen-bond donors (Lipinski definition) is 3. The maximum absolute atomic E-state index is 14.6. The predicted octanol–water partition coefficient (Wildman–Crippen LogP) is 2.59. The molecule has 0 aromatic heterocycles. The number of halogens is 2. The molecule has 51 heavy (non-hydrogen) atoms. The number of cyclic esters (lactones) is 2. The Morgan fingerprint density at radius 2 is 1.18 bits per heavy atom. The third kappa shape index (κ3) is 10.4. The second kappa shape index (κ2) is 17.1. The summed E-state index contributed by atoms with van der Waals surface area (Å²) in [6.07, 6.45) is -0.315. The molecule has 4 saturated heterocycles. The van der Waals surface area contributed by atoms with Crippen molar-refractivity contribution in [2.24, 2.45) is 5.73 Å². The van der Waals surface area contributed by atoms with Crippen LogP contribution in [0.3, 0.4) is 0 Å². The smallest absolute Gasteiger partial charge is 0.414 e. The molecule has 0 spiro atoms. The van der Waals surface area contributed by atoms with Gasteiger partial charge in [-0.15, -0.1) is 0 Å². The maximum atomic E-state index is 14.6. The first-order valence-electron chi connectivity index (χ1n) is 16.5. The van der Waals surface area contributed by atoms with E-state index in [1.807, 2.05) is 0 Å². The summed E-state index contributed by atoms with van der Waals surface area (Å²) in [5.74, 6) is -1.000. The summed E-state index contributed by atoms with van der Waals surface area (Å²) in [5, 5.41) is 9.58. The predicted molar refractivity (Wildman–Crippen MR) is 185 cm³/mol. The Hall–Kier alpha value is -3.87. The van der Waals surface area contributed by atoms with Crippen LogP contribution in [-0.2, 0) is 33.9 Å². The molecule has 0 radical (unpaired) electrons. The molecule has 4 aliphatic rings. The number of nitrogens with one attached hydrogen (secondary N) is 1. The number of carbonyl (C=O) groups excluding carboxylic acids is 3. The third-order valence-corrected chi connectivity index (χ3v) is 12.6. The number of amides is 3. The first kappa shape index (κ1) is 39.9. The second-order valence-corrected chi connectivity index (χ2v) is 17.3. The van der Waals surface area contributed by atoms with Crippen molar-refractivity contribution in [1.29, 1.82) is 0 Å². The fourth-order valence-electron chi connectivity index (χ4n) is 6.38. The topological polar surface area (TPSA) is 203 Å². The first-order valence-corrected chi connectivity index (χ1v) is 20.1. The van der Waals surface area contributed by atoms with Crippen molar-refractivity contribution in [3.63, 3.8) is 0 Å². The number of aliphatic hydroxyl groups excluding tert-OH is 1. The lowest BCUT2D eigenvalue weighted by molar-refractivity contribution is -0.119. The molecule has 0 aliphatic carbocycles. The van der Waals surface area contributed by atoms with E-state index in [1.54, 1.807) is 24.3 Å².